The minimum Gasteiger partial charge on any atom is -0.382 e. The van der Waals surface area contributed by atoms with Gasteiger partial charge in [-0.05, 0) is 35.2 Å². The van der Waals surface area contributed by atoms with Gasteiger partial charge >= 0.3 is 0 Å². The molecule has 0 aliphatic heterocycles. The third-order valence-corrected chi connectivity index (χ3v) is 4.42. The number of aromatic nitrogens is 1. The van der Waals surface area contributed by atoms with E-state index in [-0.39, 0.29) is 0 Å². The highest BCUT2D eigenvalue weighted by Crippen LogP contribution is 2.21. The van der Waals surface area contributed by atoms with Gasteiger partial charge in [0.05, 0.1) is 5.69 Å². The van der Waals surface area contributed by atoms with Crippen LogP contribution in [0.1, 0.15) is 31.7 Å². The second kappa shape index (κ2) is 9.62. The van der Waals surface area contributed by atoms with Gasteiger partial charge in [0, 0.05) is 19.3 Å². The fourth-order valence-electron chi connectivity index (χ4n) is 2.92. The topological polar surface area (TPSA) is 37.0 Å². The molecule has 2 aromatic carbocycles. The van der Waals surface area contributed by atoms with Crippen LogP contribution in [0.2, 0.25) is 0 Å². The molecule has 0 saturated carbocycles. The molecule has 0 spiro atoms. The van der Waals surface area contributed by atoms with Crippen molar-refractivity contribution in [2.45, 2.75) is 32.7 Å². The van der Waals surface area contributed by atoms with Crippen LogP contribution in [0.3, 0.4) is 0 Å². The van der Waals surface area contributed by atoms with Crippen LogP contribution in [-0.2, 0) is 6.54 Å². The zero-order valence-corrected chi connectivity index (χ0v) is 15.4. The Kier molecular flexibility index (Phi) is 6.66. The van der Waals surface area contributed by atoms with Crippen LogP contribution in [-0.4, -0.2) is 11.5 Å². The van der Waals surface area contributed by atoms with Gasteiger partial charge in [-0.25, -0.2) is 4.98 Å². The Bertz CT molecular complexity index is 782. The summed E-state index contributed by atoms with van der Waals surface area (Å²) in [5.74, 6) is 0.913. The molecule has 134 valence electrons. The average Bonchev–Trinajstić information content (AvgIpc) is 2.71. The first-order valence-corrected chi connectivity index (χ1v) is 9.44. The van der Waals surface area contributed by atoms with Gasteiger partial charge in [0.1, 0.15) is 5.82 Å². The van der Waals surface area contributed by atoms with Crippen LogP contribution in [0.4, 0.5) is 11.5 Å². The molecule has 0 fully saturated rings. The lowest BCUT2D eigenvalue weighted by atomic mass is 10.0. The van der Waals surface area contributed by atoms with Gasteiger partial charge in [-0.15, -0.1) is 0 Å². The SMILES string of the molecule is CCCCCNc1cccnc1NCc1ccc(-c2ccccc2)cc1. The molecule has 3 nitrogen and oxygen atoms in total. The van der Waals surface area contributed by atoms with Gasteiger partial charge in [0.2, 0.25) is 0 Å². The summed E-state index contributed by atoms with van der Waals surface area (Å²) in [5.41, 5.74) is 4.80. The van der Waals surface area contributed by atoms with Crippen LogP contribution >= 0.6 is 0 Å². The van der Waals surface area contributed by atoms with E-state index in [1.807, 2.05) is 18.3 Å². The highest BCUT2D eigenvalue weighted by atomic mass is 15.0. The molecule has 0 bridgehead atoms. The molecule has 26 heavy (non-hydrogen) atoms. The molecular formula is C23H27N3. The quantitative estimate of drug-likeness (QED) is 0.470. The summed E-state index contributed by atoms with van der Waals surface area (Å²) < 4.78 is 0. The van der Waals surface area contributed by atoms with E-state index >= 15 is 0 Å². The lowest BCUT2D eigenvalue weighted by Crippen LogP contribution is -2.08. The zero-order chi connectivity index (χ0) is 18.0. The van der Waals surface area contributed by atoms with Crippen LogP contribution in [0, 0.1) is 0 Å². The molecule has 3 rings (SSSR count). The van der Waals surface area contributed by atoms with Crippen LogP contribution in [0.15, 0.2) is 72.9 Å². The molecule has 0 saturated heterocycles. The second-order valence-electron chi connectivity index (χ2n) is 6.45. The van der Waals surface area contributed by atoms with Crippen molar-refractivity contribution in [3.8, 4) is 11.1 Å². The van der Waals surface area contributed by atoms with Gasteiger partial charge in [-0.3, -0.25) is 0 Å². The average molecular weight is 345 g/mol. The Morgan fingerprint density at radius 2 is 1.54 bits per heavy atom. The number of pyridine rings is 1. The third kappa shape index (κ3) is 5.09. The fraction of sp³-hybridized carbons (Fsp3) is 0.261. The number of nitrogens with one attached hydrogen (secondary N) is 2. The first-order chi connectivity index (χ1) is 12.9. The van der Waals surface area contributed by atoms with Crippen molar-refractivity contribution in [1.29, 1.82) is 0 Å². The molecule has 0 unspecified atom stereocenters. The highest BCUT2D eigenvalue weighted by molar-refractivity contribution is 5.65. The monoisotopic (exact) mass is 345 g/mol. The maximum absolute atomic E-state index is 4.48. The van der Waals surface area contributed by atoms with E-state index in [9.17, 15) is 0 Å². The maximum Gasteiger partial charge on any atom is 0.149 e. The molecule has 1 heterocycles. The summed E-state index contributed by atoms with van der Waals surface area (Å²) in [5, 5.41) is 6.95. The first kappa shape index (κ1) is 18.0. The van der Waals surface area contributed by atoms with Gasteiger partial charge in [0.15, 0.2) is 0 Å². The van der Waals surface area contributed by atoms with Crippen molar-refractivity contribution >= 4 is 11.5 Å². The van der Waals surface area contributed by atoms with Crippen LogP contribution in [0.25, 0.3) is 11.1 Å². The Balaban J connectivity index is 1.59. The molecule has 0 atom stereocenters. The number of rotatable bonds is 9. The molecule has 3 aromatic rings. The molecule has 3 heteroatoms. The number of hydrogen-bond acceptors (Lipinski definition) is 3. The Labute approximate surface area is 156 Å². The van der Waals surface area contributed by atoms with Crippen molar-refractivity contribution in [3.63, 3.8) is 0 Å². The Morgan fingerprint density at radius 1 is 0.769 bits per heavy atom. The van der Waals surface area contributed by atoms with Gasteiger partial charge in [-0.1, -0.05) is 74.4 Å². The fourth-order valence-corrected chi connectivity index (χ4v) is 2.92. The number of hydrogen-bond donors (Lipinski definition) is 2. The minimum absolute atomic E-state index is 0.760. The van der Waals surface area contributed by atoms with E-state index in [4.69, 9.17) is 0 Å². The van der Waals surface area contributed by atoms with Crippen molar-refractivity contribution in [2.24, 2.45) is 0 Å². The minimum atomic E-state index is 0.760. The number of anilines is 2. The van der Waals surface area contributed by atoms with Gasteiger partial charge < -0.3 is 10.6 Å². The predicted molar refractivity (Wildman–Crippen MR) is 111 cm³/mol. The molecule has 0 aliphatic rings. The summed E-state index contributed by atoms with van der Waals surface area (Å²) in [6.07, 6.45) is 5.51. The maximum atomic E-state index is 4.48. The van der Waals surface area contributed by atoms with E-state index in [2.05, 4.69) is 77.1 Å². The molecule has 0 aliphatic carbocycles. The standard InChI is InChI=1S/C23H27N3/c1-2-3-7-16-24-22-11-8-17-25-23(22)26-18-19-12-14-21(15-13-19)20-9-5-4-6-10-20/h4-6,8-15,17,24H,2-3,7,16,18H2,1H3,(H,25,26). The van der Waals surface area contributed by atoms with Crippen molar-refractivity contribution in [1.82, 2.24) is 4.98 Å². The van der Waals surface area contributed by atoms with E-state index in [0.717, 1.165) is 24.6 Å². The van der Waals surface area contributed by atoms with Crippen LogP contribution in [0.5, 0.6) is 0 Å². The van der Waals surface area contributed by atoms with E-state index in [0.29, 0.717) is 0 Å². The number of benzene rings is 2. The lowest BCUT2D eigenvalue weighted by molar-refractivity contribution is 0.743. The molecule has 1 aromatic heterocycles. The summed E-state index contributed by atoms with van der Waals surface area (Å²) in [6, 6.07) is 23.2. The zero-order valence-electron chi connectivity index (χ0n) is 15.4. The Hall–Kier alpha value is -2.81. The van der Waals surface area contributed by atoms with Crippen LogP contribution < -0.4 is 10.6 Å². The molecule has 0 radical (unpaired) electrons. The van der Waals surface area contributed by atoms with E-state index in [1.54, 1.807) is 0 Å². The number of unbranched alkanes of at least 4 members (excludes halogenated alkanes) is 2. The predicted octanol–water partition coefficient (Wildman–Crippen LogP) is 5.96. The lowest BCUT2D eigenvalue weighted by Gasteiger charge is -2.13. The summed E-state index contributed by atoms with van der Waals surface area (Å²) in [4.78, 5) is 4.48. The third-order valence-electron chi connectivity index (χ3n) is 4.42. The second-order valence-corrected chi connectivity index (χ2v) is 6.45. The van der Waals surface area contributed by atoms with Crippen molar-refractivity contribution < 1.29 is 0 Å². The number of nitrogens with zero attached hydrogens (tertiary/aromatic N) is 1. The Morgan fingerprint density at radius 3 is 2.31 bits per heavy atom. The molecular weight excluding hydrogens is 318 g/mol. The van der Waals surface area contributed by atoms with Gasteiger partial charge in [-0.2, -0.15) is 0 Å². The van der Waals surface area contributed by atoms with Crippen molar-refractivity contribution in [2.75, 3.05) is 17.2 Å². The van der Waals surface area contributed by atoms with Crippen molar-refractivity contribution in [3.05, 3.63) is 78.5 Å². The van der Waals surface area contributed by atoms with E-state index < -0.39 is 0 Å². The molecule has 2 N–H and O–H groups in total. The first-order valence-electron chi connectivity index (χ1n) is 9.44. The summed E-state index contributed by atoms with van der Waals surface area (Å²) >= 11 is 0. The van der Waals surface area contributed by atoms with Gasteiger partial charge in [0.25, 0.3) is 0 Å². The normalized spacial score (nSPS) is 10.5. The largest absolute Gasteiger partial charge is 0.382 e. The summed E-state index contributed by atoms with van der Waals surface area (Å²) in [6.45, 7) is 3.97. The smallest absolute Gasteiger partial charge is 0.149 e. The molecule has 0 amide bonds. The summed E-state index contributed by atoms with van der Waals surface area (Å²) in [7, 11) is 0. The van der Waals surface area contributed by atoms with E-state index in [1.165, 1.54) is 36.0 Å². The highest BCUT2D eigenvalue weighted by Gasteiger charge is 2.03.